The molecule has 1 amide bonds. The minimum atomic E-state index is -4.49. The lowest BCUT2D eigenvalue weighted by Gasteiger charge is -2.18. The molecule has 0 aliphatic carbocycles. The van der Waals surface area contributed by atoms with E-state index in [0.29, 0.717) is 34.4 Å². The van der Waals surface area contributed by atoms with Gasteiger partial charge < -0.3 is 14.6 Å². The van der Waals surface area contributed by atoms with Crippen molar-refractivity contribution < 1.29 is 27.2 Å². The third kappa shape index (κ3) is 5.39. The molecule has 13 heteroatoms. The summed E-state index contributed by atoms with van der Waals surface area (Å²) in [7, 11) is 0. The SMILES string of the molecule is Cc1cc(-c2nncc3c(C(C)(C)C)c(OCc4ccc(C(=O)NCC(F)(F)F)cn4)nn23)no1. The molecule has 0 aliphatic heterocycles. The number of rotatable bonds is 6. The summed E-state index contributed by atoms with van der Waals surface area (Å²) in [5, 5.41) is 18.6. The first kappa shape index (κ1) is 24.1. The molecule has 0 spiro atoms. The Bertz CT molecular complexity index is 1360. The van der Waals surface area contributed by atoms with E-state index in [1.54, 1.807) is 29.0 Å². The van der Waals surface area contributed by atoms with Crippen molar-refractivity contribution in [2.75, 3.05) is 6.54 Å². The number of pyridine rings is 1. The van der Waals surface area contributed by atoms with E-state index >= 15 is 0 Å². The summed E-state index contributed by atoms with van der Waals surface area (Å²) in [6, 6.07) is 4.60. The molecule has 0 saturated heterocycles. The Morgan fingerprint density at radius 3 is 2.57 bits per heavy atom. The first-order valence-electron chi connectivity index (χ1n) is 10.5. The first-order chi connectivity index (χ1) is 16.4. The predicted octanol–water partition coefficient (Wildman–Crippen LogP) is 3.65. The maximum Gasteiger partial charge on any atom is 0.405 e. The number of carbonyl (C=O) groups is 1. The zero-order chi connectivity index (χ0) is 25.4. The number of fused-ring (bicyclic) bond motifs is 1. The number of amides is 1. The monoisotopic (exact) mass is 489 g/mol. The van der Waals surface area contributed by atoms with Crippen LogP contribution in [-0.2, 0) is 12.0 Å². The molecule has 0 atom stereocenters. The summed E-state index contributed by atoms with van der Waals surface area (Å²) in [5.41, 5.74) is 2.03. The van der Waals surface area contributed by atoms with Gasteiger partial charge in [0.1, 0.15) is 18.9 Å². The molecule has 0 fully saturated rings. The number of aromatic nitrogens is 6. The Hall–Kier alpha value is -4.03. The highest BCUT2D eigenvalue weighted by Crippen LogP contribution is 2.36. The van der Waals surface area contributed by atoms with Crippen LogP contribution in [0, 0.1) is 6.92 Å². The molecular weight excluding hydrogens is 467 g/mol. The average molecular weight is 489 g/mol. The summed E-state index contributed by atoms with van der Waals surface area (Å²) >= 11 is 0. The Balaban J connectivity index is 1.58. The predicted molar refractivity (Wildman–Crippen MR) is 117 cm³/mol. The van der Waals surface area contributed by atoms with Gasteiger partial charge in [0.25, 0.3) is 5.91 Å². The third-order valence-electron chi connectivity index (χ3n) is 4.92. The largest absolute Gasteiger partial charge is 0.470 e. The summed E-state index contributed by atoms with van der Waals surface area (Å²) in [4.78, 5) is 16.0. The van der Waals surface area contributed by atoms with Crippen molar-refractivity contribution in [1.29, 1.82) is 0 Å². The molecule has 4 aromatic rings. The van der Waals surface area contributed by atoms with Crippen LogP contribution < -0.4 is 10.1 Å². The van der Waals surface area contributed by atoms with E-state index in [0.717, 1.165) is 5.56 Å². The second kappa shape index (κ2) is 8.96. The van der Waals surface area contributed by atoms with Crippen molar-refractivity contribution in [2.24, 2.45) is 0 Å². The van der Waals surface area contributed by atoms with Gasteiger partial charge in [-0.3, -0.25) is 9.78 Å². The quantitative estimate of drug-likeness (QED) is 0.436. The fourth-order valence-electron chi connectivity index (χ4n) is 3.38. The van der Waals surface area contributed by atoms with Gasteiger partial charge in [0, 0.05) is 17.8 Å². The number of hydrogen-bond donors (Lipinski definition) is 1. The lowest BCUT2D eigenvalue weighted by Crippen LogP contribution is -2.33. The Kier molecular flexibility index (Phi) is 6.17. The number of aryl methyl sites for hydroxylation is 1. The van der Waals surface area contributed by atoms with Crippen LogP contribution in [0.1, 0.15) is 48.1 Å². The van der Waals surface area contributed by atoms with Crippen LogP contribution in [0.15, 0.2) is 35.1 Å². The van der Waals surface area contributed by atoms with E-state index in [9.17, 15) is 18.0 Å². The van der Waals surface area contributed by atoms with E-state index in [-0.39, 0.29) is 17.6 Å². The Labute approximate surface area is 197 Å². The van der Waals surface area contributed by atoms with Gasteiger partial charge in [0.05, 0.1) is 23.0 Å². The number of alkyl halides is 3. The van der Waals surface area contributed by atoms with Gasteiger partial charge in [-0.2, -0.15) is 18.3 Å². The van der Waals surface area contributed by atoms with E-state index in [4.69, 9.17) is 9.26 Å². The van der Waals surface area contributed by atoms with Crippen LogP contribution in [0.5, 0.6) is 5.88 Å². The molecule has 4 heterocycles. The summed E-state index contributed by atoms with van der Waals surface area (Å²) in [6.45, 7) is 6.37. The molecule has 0 unspecified atom stereocenters. The minimum absolute atomic E-state index is 0.00538. The fourth-order valence-corrected chi connectivity index (χ4v) is 3.38. The molecular formula is C22H22F3N7O3. The van der Waals surface area contributed by atoms with E-state index < -0.39 is 18.6 Å². The number of nitrogens with zero attached hydrogens (tertiary/aromatic N) is 6. The van der Waals surface area contributed by atoms with Gasteiger partial charge in [0.2, 0.25) is 11.7 Å². The van der Waals surface area contributed by atoms with Gasteiger partial charge in [-0.15, -0.1) is 10.2 Å². The number of nitrogens with one attached hydrogen (secondary N) is 1. The fraction of sp³-hybridized carbons (Fsp3) is 0.364. The third-order valence-corrected chi connectivity index (χ3v) is 4.92. The molecule has 35 heavy (non-hydrogen) atoms. The molecule has 0 aliphatic rings. The lowest BCUT2D eigenvalue weighted by atomic mass is 9.88. The van der Waals surface area contributed by atoms with Crippen LogP contribution in [-0.4, -0.2) is 48.6 Å². The minimum Gasteiger partial charge on any atom is -0.470 e. The highest BCUT2D eigenvalue weighted by atomic mass is 19.4. The van der Waals surface area contributed by atoms with Gasteiger partial charge in [-0.1, -0.05) is 25.9 Å². The lowest BCUT2D eigenvalue weighted by molar-refractivity contribution is -0.123. The number of halogens is 3. The second-order valence-corrected chi connectivity index (χ2v) is 8.84. The summed E-state index contributed by atoms with van der Waals surface area (Å²) in [6.07, 6.45) is -1.71. The topological polar surface area (TPSA) is 120 Å². The van der Waals surface area contributed by atoms with Crippen LogP contribution in [0.4, 0.5) is 13.2 Å². The van der Waals surface area contributed by atoms with Gasteiger partial charge in [-0.25, -0.2) is 4.52 Å². The molecule has 184 valence electrons. The van der Waals surface area contributed by atoms with Crippen molar-refractivity contribution >= 4 is 11.4 Å². The van der Waals surface area contributed by atoms with Crippen molar-refractivity contribution in [3.63, 3.8) is 0 Å². The normalized spacial score (nSPS) is 12.2. The van der Waals surface area contributed by atoms with E-state index in [1.807, 2.05) is 20.8 Å². The van der Waals surface area contributed by atoms with Crippen molar-refractivity contribution in [2.45, 2.75) is 45.9 Å². The number of hydrogen-bond acceptors (Lipinski definition) is 8. The van der Waals surface area contributed by atoms with Gasteiger partial charge in [-0.05, 0) is 24.5 Å². The zero-order valence-electron chi connectivity index (χ0n) is 19.3. The summed E-state index contributed by atoms with van der Waals surface area (Å²) < 4.78 is 49.6. The Morgan fingerprint density at radius 1 is 1.20 bits per heavy atom. The maximum atomic E-state index is 12.3. The molecule has 0 aromatic carbocycles. The molecule has 0 bridgehead atoms. The molecule has 4 aromatic heterocycles. The second-order valence-electron chi connectivity index (χ2n) is 8.84. The number of carbonyl (C=O) groups excluding carboxylic acids is 1. The van der Waals surface area contributed by atoms with Crippen molar-refractivity contribution in [3.05, 3.63) is 53.2 Å². The van der Waals surface area contributed by atoms with Crippen LogP contribution in [0.25, 0.3) is 17.0 Å². The zero-order valence-corrected chi connectivity index (χ0v) is 19.3. The summed E-state index contributed by atoms with van der Waals surface area (Å²) in [5.74, 6) is 0.461. The smallest absolute Gasteiger partial charge is 0.405 e. The van der Waals surface area contributed by atoms with Gasteiger partial charge in [0.15, 0.2) is 5.69 Å². The van der Waals surface area contributed by atoms with E-state index in [2.05, 4.69) is 25.4 Å². The molecule has 10 nitrogen and oxygen atoms in total. The number of ether oxygens (including phenoxy) is 1. The van der Waals surface area contributed by atoms with Crippen LogP contribution in [0.3, 0.4) is 0 Å². The van der Waals surface area contributed by atoms with Crippen LogP contribution >= 0.6 is 0 Å². The highest BCUT2D eigenvalue weighted by Gasteiger charge is 2.29. The van der Waals surface area contributed by atoms with Crippen LogP contribution in [0.2, 0.25) is 0 Å². The standard InChI is InChI=1S/C22H22F3N7O3/c1-12-7-15(31-35-12)18-29-28-9-16-17(21(2,3)4)20(30-32(16)18)34-10-14-6-5-13(8-26-14)19(33)27-11-22(23,24)25/h5-9H,10-11H2,1-4H3,(H,27,33). The molecule has 4 rings (SSSR count). The van der Waals surface area contributed by atoms with Crippen molar-refractivity contribution in [3.8, 4) is 17.4 Å². The van der Waals surface area contributed by atoms with Crippen molar-refractivity contribution in [1.82, 2.24) is 35.3 Å². The van der Waals surface area contributed by atoms with E-state index in [1.165, 1.54) is 18.3 Å². The van der Waals surface area contributed by atoms with Gasteiger partial charge >= 0.3 is 6.18 Å². The average Bonchev–Trinajstić information content (AvgIpc) is 3.38. The maximum absolute atomic E-state index is 12.3. The highest BCUT2D eigenvalue weighted by molar-refractivity contribution is 5.93. The molecule has 1 N–H and O–H groups in total. The molecule has 0 saturated carbocycles. The molecule has 0 radical (unpaired) electrons. The Morgan fingerprint density at radius 2 is 1.97 bits per heavy atom. The first-order valence-corrected chi connectivity index (χ1v) is 10.5.